The summed E-state index contributed by atoms with van der Waals surface area (Å²) in [6, 6.07) is 9.55. The number of allylic oxidation sites excluding steroid dienone is 1. The average Bonchev–Trinajstić information content (AvgIpc) is 2.54. The molecular weight excluding hydrogens is 274 g/mol. The van der Waals surface area contributed by atoms with Crippen LogP contribution < -0.4 is 0 Å². The second-order valence-corrected chi connectivity index (χ2v) is 5.82. The van der Waals surface area contributed by atoms with Gasteiger partial charge in [-0.05, 0) is 30.7 Å². The summed E-state index contributed by atoms with van der Waals surface area (Å²) in [5.41, 5.74) is 0.978. The molecule has 0 aliphatic carbocycles. The van der Waals surface area contributed by atoms with E-state index in [0.29, 0.717) is 12.3 Å². The van der Waals surface area contributed by atoms with E-state index in [1.165, 1.54) is 0 Å². The number of aliphatic hydroxyl groups is 1. The van der Waals surface area contributed by atoms with Gasteiger partial charge in [0.05, 0.1) is 12.6 Å². The molecule has 118 valence electrons. The third-order valence-corrected chi connectivity index (χ3v) is 4.49. The van der Waals surface area contributed by atoms with Gasteiger partial charge in [-0.2, -0.15) is 0 Å². The molecule has 0 saturated carbocycles. The first-order valence-corrected chi connectivity index (χ1v) is 7.91. The lowest BCUT2D eigenvalue weighted by Crippen LogP contribution is -2.50. The predicted octanol–water partition coefficient (Wildman–Crippen LogP) is 3.48. The molecule has 1 aliphatic rings. The molecule has 3 atom stereocenters. The number of benzene rings is 1. The van der Waals surface area contributed by atoms with E-state index in [4.69, 9.17) is 0 Å². The minimum Gasteiger partial charge on any atom is -0.394 e. The maximum Gasteiger partial charge on any atom is 0.223 e. The van der Waals surface area contributed by atoms with Crippen LogP contribution in [0.1, 0.15) is 37.3 Å². The molecule has 3 heteroatoms. The number of hydrogen-bond donors (Lipinski definition) is 1. The van der Waals surface area contributed by atoms with E-state index < -0.39 is 0 Å². The van der Waals surface area contributed by atoms with Crippen molar-refractivity contribution in [3.05, 3.63) is 61.2 Å². The van der Waals surface area contributed by atoms with E-state index in [1.807, 2.05) is 47.4 Å². The summed E-state index contributed by atoms with van der Waals surface area (Å²) in [5, 5.41) is 9.91. The molecule has 2 rings (SSSR count). The zero-order chi connectivity index (χ0) is 15.9. The topological polar surface area (TPSA) is 40.5 Å². The van der Waals surface area contributed by atoms with E-state index in [-0.39, 0.29) is 24.6 Å². The van der Waals surface area contributed by atoms with Crippen molar-refractivity contribution in [3.63, 3.8) is 0 Å². The normalized spacial score (nSPS) is 23.1. The lowest BCUT2D eigenvalue weighted by Gasteiger charge is -2.44. The number of carbonyl (C=O) groups excluding carboxylic acids is 1. The second kappa shape index (κ2) is 7.95. The fraction of sp³-hybridized carbons (Fsp3) is 0.421. The molecule has 1 aromatic rings. The van der Waals surface area contributed by atoms with Crippen LogP contribution in [-0.4, -0.2) is 28.6 Å². The minimum absolute atomic E-state index is 0.0653. The van der Waals surface area contributed by atoms with Crippen LogP contribution in [0.5, 0.6) is 0 Å². The Hall–Kier alpha value is -1.87. The molecule has 1 heterocycles. The van der Waals surface area contributed by atoms with Crippen molar-refractivity contribution in [2.75, 3.05) is 6.61 Å². The summed E-state index contributed by atoms with van der Waals surface area (Å²) < 4.78 is 0. The molecule has 0 spiro atoms. The Morgan fingerprint density at radius 3 is 2.50 bits per heavy atom. The number of amides is 1. The van der Waals surface area contributed by atoms with Crippen molar-refractivity contribution in [1.29, 1.82) is 0 Å². The molecule has 1 aromatic carbocycles. The van der Waals surface area contributed by atoms with E-state index in [1.54, 1.807) is 0 Å². The van der Waals surface area contributed by atoms with Crippen LogP contribution in [0.25, 0.3) is 0 Å². The van der Waals surface area contributed by atoms with Crippen LogP contribution in [0.2, 0.25) is 0 Å². The fourth-order valence-electron chi connectivity index (χ4n) is 3.44. The quantitative estimate of drug-likeness (QED) is 0.783. The van der Waals surface area contributed by atoms with Gasteiger partial charge in [0.1, 0.15) is 0 Å². The summed E-state index contributed by atoms with van der Waals surface area (Å²) in [6.45, 7) is 7.61. The number of carbonyl (C=O) groups is 1. The minimum atomic E-state index is -0.286. The number of piperidine rings is 1. The molecule has 22 heavy (non-hydrogen) atoms. The summed E-state index contributed by atoms with van der Waals surface area (Å²) in [5.74, 6) is 0.501. The number of rotatable bonds is 7. The van der Waals surface area contributed by atoms with Crippen molar-refractivity contribution in [2.24, 2.45) is 5.92 Å². The van der Waals surface area contributed by atoms with E-state index in [9.17, 15) is 9.90 Å². The smallest absolute Gasteiger partial charge is 0.223 e. The standard InChI is InChI=1S/C19H25NO2/c1-3-8-15-12-13-19(22)20(17(15)9-4-2)18(14-21)16-10-6-5-7-11-16/h3-7,10-11,15,17-18,21H,1-2,8-9,12-14H2/t15-,17-,18+/m1/s1. The van der Waals surface area contributed by atoms with Gasteiger partial charge in [0, 0.05) is 12.5 Å². The Bertz CT molecular complexity index is 511. The zero-order valence-corrected chi connectivity index (χ0v) is 13.0. The number of hydrogen-bond acceptors (Lipinski definition) is 2. The van der Waals surface area contributed by atoms with Crippen molar-refractivity contribution < 1.29 is 9.90 Å². The van der Waals surface area contributed by atoms with Crippen molar-refractivity contribution in [2.45, 2.75) is 37.8 Å². The van der Waals surface area contributed by atoms with Crippen LogP contribution in [0.3, 0.4) is 0 Å². The van der Waals surface area contributed by atoms with Crippen LogP contribution >= 0.6 is 0 Å². The first-order valence-electron chi connectivity index (χ1n) is 7.91. The molecule has 0 radical (unpaired) electrons. The molecule has 1 N–H and O–H groups in total. The summed E-state index contributed by atoms with van der Waals surface area (Å²) >= 11 is 0. The monoisotopic (exact) mass is 299 g/mol. The Kier molecular flexibility index (Phi) is 5.96. The highest BCUT2D eigenvalue weighted by molar-refractivity contribution is 5.78. The molecule has 1 saturated heterocycles. The molecular formula is C19H25NO2. The Morgan fingerprint density at radius 1 is 1.23 bits per heavy atom. The van der Waals surface area contributed by atoms with Gasteiger partial charge in [-0.3, -0.25) is 4.79 Å². The second-order valence-electron chi connectivity index (χ2n) is 5.82. The van der Waals surface area contributed by atoms with Gasteiger partial charge in [-0.1, -0.05) is 42.5 Å². The number of nitrogens with zero attached hydrogens (tertiary/aromatic N) is 1. The lowest BCUT2D eigenvalue weighted by atomic mass is 9.82. The van der Waals surface area contributed by atoms with Gasteiger partial charge in [0.15, 0.2) is 0 Å². The molecule has 1 fully saturated rings. The third-order valence-electron chi connectivity index (χ3n) is 4.49. The van der Waals surface area contributed by atoms with Crippen LogP contribution in [0.15, 0.2) is 55.6 Å². The van der Waals surface area contributed by atoms with Crippen molar-refractivity contribution >= 4 is 5.91 Å². The Balaban J connectivity index is 2.34. The van der Waals surface area contributed by atoms with Crippen LogP contribution in [-0.2, 0) is 4.79 Å². The SMILES string of the molecule is C=CC[C@@H]1CCC(=O)N([C@@H](CO)c2ccccc2)[C@@H]1CC=C. The first-order chi connectivity index (χ1) is 10.7. The maximum atomic E-state index is 12.6. The molecule has 1 amide bonds. The lowest BCUT2D eigenvalue weighted by molar-refractivity contribution is -0.143. The Morgan fingerprint density at radius 2 is 1.91 bits per heavy atom. The average molecular weight is 299 g/mol. The van der Waals surface area contributed by atoms with Crippen molar-refractivity contribution in [3.8, 4) is 0 Å². The molecule has 0 unspecified atom stereocenters. The molecule has 0 bridgehead atoms. The number of aliphatic hydroxyl groups excluding tert-OH is 1. The predicted molar refractivity (Wildman–Crippen MR) is 89.3 cm³/mol. The van der Waals surface area contributed by atoms with E-state index >= 15 is 0 Å². The van der Waals surface area contributed by atoms with E-state index in [0.717, 1.165) is 24.8 Å². The molecule has 1 aliphatic heterocycles. The highest BCUT2D eigenvalue weighted by Crippen LogP contribution is 2.35. The molecule has 3 nitrogen and oxygen atoms in total. The van der Waals surface area contributed by atoms with Gasteiger partial charge < -0.3 is 10.0 Å². The van der Waals surface area contributed by atoms with Crippen LogP contribution in [0, 0.1) is 5.92 Å². The maximum absolute atomic E-state index is 12.6. The first kappa shape index (κ1) is 16.5. The van der Waals surface area contributed by atoms with Crippen molar-refractivity contribution in [1.82, 2.24) is 4.90 Å². The van der Waals surface area contributed by atoms with Gasteiger partial charge in [-0.15, -0.1) is 13.2 Å². The number of likely N-dealkylation sites (tertiary alicyclic amines) is 1. The van der Waals surface area contributed by atoms with Crippen LogP contribution in [0.4, 0.5) is 0 Å². The summed E-state index contributed by atoms with van der Waals surface area (Å²) in [6.07, 6.45) is 6.84. The van der Waals surface area contributed by atoms with Gasteiger partial charge >= 0.3 is 0 Å². The highest BCUT2D eigenvalue weighted by Gasteiger charge is 2.38. The van der Waals surface area contributed by atoms with E-state index in [2.05, 4.69) is 13.2 Å². The third kappa shape index (κ3) is 3.47. The van der Waals surface area contributed by atoms with Gasteiger partial charge in [0.2, 0.25) is 5.91 Å². The summed E-state index contributed by atoms with van der Waals surface area (Å²) in [7, 11) is 0. The highest BCUT2D eigenvalue weighted by atomic mass is 16.3. The van der Waals surface area contributed by atoms with Gasteiger partial charge in [-0.25, -0.2) is 0 Å². The summed E-state index contributed by atoms with van der Waals surface area (Å²) in [4.78, 5) is 14.4. The Labute approximate surface area is 133 Å². The zero-order valence-electron chi connectivity index (χ0n) is 13.0. The largest absolute Gasteiger partial charge is 0.394 e. The molecule has 0 aromatic heterocycles. The fourth-order valence-corrected chi connectivity index (χ4v) is 3.44. The van der Waals surface area contributed by atoms with Gasteiger partial charge in [0.25, 0.3) is 0 Å².